The smallest absolute Gasteiger partial charge is 0.128 e. The van der Waals surface area contributed by atoms with Gasteiger partial charge in [0.15, 0.2) is 0 Å². The molecule has 1 aliphatic rings. The molecular weight excluding hydrogens is 280 g/mol. The highest BCUT2D eigenvalue weighted by molar-refractivity contribution is 6.32. The molecule has 20 heavy (non-hydrogen) atoms. The van der Waals surface area contributed by atoms with Crippen molar-refractivity contribution in [1.82, 2.24) is 4.90 Å². The highest BCUT2D eigenvalue weighted by atomic mass is 35.5. The number of halogens is 1. The molecule has 0 saturated carbocycles. The van der Waals surface area contributed by atoms with Gasteiger partial charge < -0.3 is 20.4 Å². The molecule has 1 atom stereocenters. The maximum atomic E-state index is 9.28. The lowest BCUT2D eigenvalue weighted by atomic mass is 9.85. The monoisotopic (exact) mass is 298 g/mol. The van der Waals surface area contributed by atoms with Crippen molar-refractivity contribution in [1.29, 1.82) is 0 Å². The molecule has 0 bridgehead atoms. The molecule has 0 aromatic carbocycles. The Balaban J connectivity index is 2.45. The van der Waals surface area contributed by atoms with Crippen molar-refractivity contribution in [2.24, 2.45) is 5.73 Å². The van der Waals surface area contributed by atoms with E-state index in [-0.39, 0.29) is 13.2 Å². The fourth-order valence-corrected chi connectivity index (χ4v) is 2.80. The summed E-state index contributed by atoms with van der Waals surface area (Å²) in [7, 11) is 0. The molecule has 0 radical (unpaired) electrons. The molecule has 0 fully saturated rings. The summed E-state index contributed by atoms with van der Waals surface area (Å²) >= 11 is 6.19. The predicted molar refractivity (Wildman–Crippen MR) is 77.0 cm³/mol. The maximum absolute atomic E-state index is 9.28. The molecule has 1 aliphatic carbocycles. The van der Waals surface area contributed by atoms with Crippen LogP contribution in [0.1, 0.15) is 12.2 Å². The largest absolute Gasteiger partial charge is 0.467 e. The number of allylic oxidation sites excluding steroid dienone is 1. The third kappa shape index (κ3) is 2.76. The van der Waals surface area contributed by atoms with Crippen molar-refractivity contribution in [2.75, 3.05) is 26.3 Å². The van der Waals surface area contributed by atoms with Gasteiger partial charge in [-0.25, -0.2) is 0 Å². The molecule has 2 rings (SSSR count). The van der Waals surface area contributed by atoms with Crippen LogP contribution in [0.5, 0.6) is 0 Å². The molecule has 0 saturated heterocycles. The van der Waals surface area contributed by atoms with Gasteiger partial charge in [-0.15, -0.1) is 0 Å². The predicted octanol–water partition coefficient (Wildman–Crippen LogP) is 1.13. The second-order valence-corrected chi connectivity index (χ2v) is 5.10. The molecule has 0 amide bonds. The lowest BCUT2D eigenvalue weighted by Gasteiger charge is -2.41. The molecule has 110 valence electrons. The van der Waals surface area contributed by atoms with Crippen molar-refractivity contribution in [3.05, 3.63) is 47.0 Å². The van der Waals surface area contributed by atoms with E-state index in [0.29, 0.717) is 36.0 Å². The molecule has 5 nitrogen and oxygen atoms in total. The first-order valence-electron chi connectivity index (χ1n) is 6.49. The van der Waals surface area contributed by atoms with E-state index >= 15 is 0 Å². The average molecular weight is 299 g/mol. The first-order chi connectivity index (χ1) is 9.64. The van der Waals surface area contributed by atoms with E-state index in [2.05, 4.69) is 0 Å². The molecule has 4 N–H and O–H groups in total. The maximum Gasteiger partial charge on any atom is 0.128 e. The molecule has 1 aromatic rings. The zero-order valence-corrected chi connectivity index (χ0v) is 11.9. The van der Waals surface area contributed by atoms with Crippen molar-refractivity contribution in [2.45, 2.75) is 12.0 Å². The van der Waals surface area contributed by atoms with Gasteiger partial charge in [0.2, 0.25) is 0 Å². The quantitative estimate of drug-likeness (QED) is 0.733. The van der Waals surface area contributed by atoms with Crippen molar-refractivity contribution in [3.8, 4) is 0 Å². The van der Waals surface area contributed by atoms with Crippen LogP contribution < -0.4 is 5.73 Å². The third-order valence-corrected chi connectivity index (χ3v) is 3.85. The van der Waals surface area contributed by atoms with Gasteiger partial charge in [-0.2, -0.15) is 0 Å². The highest BCUT2D eigenvalue weighted by Gasteiger charge is 2.40. The Morgan fingerprint density at radius 3 is 2.55 bits per heavy atom. The van der Waals surface area contributed by atoms with E-state index in [4.69, 9.17) is 21.8 Å². The molecular formula is C14H19ClN2O3. The number of hydrogen-bond acceptors (Lipinski definition) is 5. The summed E-state index contributed by atoms with van der Waals surface area (Å²) in [4.78, 5) is 1.94. The van der Waals surface area contributed by atoms with Gasteiger partial charge in [0.25, 0.3) is 0 Å². The van der Waals surface area contributed by atoms with Gasteiger partial charge in [-0.1, -0.05) is 17.7 Å². The van der Waals surface area contributed by atoms with Crippen LogP contribution in [-0.2, 0) is 5.54 Å². The summed E-state index contributed by atoms with van der Waals surface area (Å²) in [6.07, 6.45) is 5.83. The topological polar surface area (TPSA) is 82.9 Å². The van der Waals surface area contributed by atoms with Gasteiger partial charge in [0.1, 0.15) is 11.3 Å². The van der Waals surface area contributed by atoms with Crippen LogP contribution in [0.4, 0.5) is 0 Å². The Labute approximate surface area is 122 Å². The Morgan fingerprint density at radius 1 is 1.35 bits per heavy atom. The number of aliphatic hydroxyl groups is 2. The third-order valence-electron chi connectivity index (χ3n) is 3.53. The van der Waals surface area contributed by atoms with Crippen LogP contribution >= 0.6 is 11.6 Å². The standard InChI is InChI=1S/C14H19ClN2O3/c15-11-10-14(4-3-12(11)16,13-2-1-9-20-13)17(5-7-18)6-8-19/h1-3,9-10,18-19H,4-8,16H2. The van der Waals surface area contributed by atoms with Gasteiger partial charge in [0, 0.05) is 18.8 Å². The van der Waals surface area contributed by atoms with Crippen molar-refractivity contribution >= 4 is 11.6 Å². The Morgan fingerprint density at radius 2 is 2.05 bits per heavy atom. The summed E-state index contributed by atoms with van der Waals surface area (Å²) in [5.41, 5.74) is 5.71. The lowest BCUT2D eigenvalue weighted by molar-refractivity contribution is 0.0644. The molecule has 1 aromatic heterocycles. The summed E-state index contributed by atoms with van der Waals surface area (Å²) in [6.45, 7) is 0.756. The fraction of sp³-hybridized carbons (Fsp3) is 0.429. The zero-order valence-electron chi connectivity index (χ0n) is 11.1. The van der Waals surface area contributed by atoms with Crippen LogP contribution in [0.25, 0.3) is 0 Å². The Kier molecular flexibility index (Phi) is 4.88. The van der Waals surface area contributed by atoms with Gasteiger partial charge in [-0.05, 0) is 24.6 Å². The summed E-state index contributed by atoms with van der Waals surface area (Å²) in [5, 5.41) is 19.0. The number of nitrogens with zero attached hydrogens (tertiary/aromatic N) is 1. The minimum absolute atomic E-state index is 0.0207. The summed E-state index contributed by atoms with van der Waals surface area (Å²) < 4.78 is 5.56. The lowest BCUT2D eigenvalue weighted by Crippen LogP contribution is -2.48. The van der Waals surface area contributed by atoms with Crippen LogP contribution in [0.3, 0.4) is 0 Å². The van der Waals surface area contributed by atoms with Crippen LogP contribution in [0.15, 0.2) is 45.7 Å². The number of aliphatic hydroxyl groups excluding tert-OH is 2. The number of hydrogen-bond donors (Lipinski definition) is 3. The second kappa shape index (κ2) is 6.45. The SMILES string of the molecule is NC1=CCC(c2ccco2)(N(CCO)CCO)C=C1Cl. The van der Waals surface area contributed by atoms with Gasteiger partial charge in [0.05, 0.1) is 24.5 Å². The summed E-state index contributed by atoms with van der Waals surface area (Å²) in [6, 6.07) is 3.66. The average Bonchev–Trinajstić information content (AvgIpc) is 2.96. The molecule has 0 aliphatic heterocycles. The van der Waals surface area contributed by atoms with Gasteiger partial charge >= 0.3 is 0 Å². The van der Waals surface area contributed by atoms with E-state index < -0.39 is 5.54 Å². The molecule has 6 heteroatoms. The number of rotatable bonds is 6. The van der Waals surface area contributed by atoms with Crippen molar-refractivity contribution in [3.63, 3.8) is 0 Å². The van der Waals surface area contributed by atoms with E-state index in [1.54, 1.807) is 12.3 Å². The Hall–Kier alpha value is -1.27. The Bertz CT molecular complexity index is 493. The van der Waals surface area contributed by atoms with E-state index in [1.165, 1.54) is 0 Å². The van der Waals surface area contributed by atoms with Crippen molar-refractivity contribution < 1.29 is 14.6 Å². The van der Waals surface area contributed by atoms with Crippen LogP contribution in [-0.4, -0.2) is 41.4 Å². The second-order valence-electron chi connectivity index (χ2n) is 4.69. The first-order valence-corrected chi connectivity index (χ1v) is 6.87. The fourth-order valence-electron chi connectivity index (χ4n) is 2.54. The number of furan rings is 1. The van der Waals surface area contributed by atoms with E-state index in [9.17, 15) is 10.2 Å². The van der Waals surface area contributed by atoms with E-state index in [0.717, 1.165) is 0 Å². The molecule has 1 heterocycles. The van der Waals surface area contributed by atoms with E-state index in [1.807, 2.05) is 23.1 Å². The number of nitrogens with two attached hydrogens (primary N) is 1. The highest BCUT2D eigenvalue weighted by Crippen LogP contribution is 2.40. The molecule has 1 unspecified atom stereocenters. The normalized spacial score (nSPS) is 22.8. The minimum atomic E-state index is -0.630. The molecule has 0 spiro atoms. The van der Waals surface area contributed by atoms with Crippen LogP contribution in [0, 0.1) is 0 Å². The van der Waals surface area contributed by atoms with Crippen LogP contribution in [0.2, 0.25) is 0 Å². The first kappa shape index (κ1) is 15.1. The summed E-state index contributed by atoms with van der Waals surface area (Å²) in [5.74, 6) is 0.710. The minimum Gasteiger partial charge on any atom is -0.467 e. The zero-order chi connectivity index (χ0) is 14.6. The van der Waals surface area contributed by atoms with Gasteiger partial charge in [-0.3, -0.25) is 4.90 Å².